The molecule has 2 N–H and O–H groups in total. The number of hydrogen-bond acceptors (Lipinski definition) is 3. The van der Waals surface area contributed by atoms with Crippen LogP contribution in [0.1, 0.15) is 15.9 Å². The fourth-order valence-electron chi connectivity index (χ4n) is 1.60. The minimum Gasteiger partial charge on any atom is -0.507 e. The van der Waals surface area contributed by atoms with E-state index in [9.17, 15) is 9.90 Å². The summed E-state index contributed by atoms with van der Waals surface area (Å²) in [6, 6.07) is 11.7. The number of nitriles is 1. The minimum atomic E-state index is -0.458. The molecule has 0 unspecified atom stereocenters. The number of carbonyl (C=O) groups is 1. The summed E-state index contributed by atoms with van der Waals surface area (Å²) in [6.45, 7) is 0. The highest BCUT2D eigenvalue weighted by Crippen LogP contribution is 2.24. The van der Waals surface area contributed by atoms with Gasteiger partial charge in [0.05, 0.1) is 16.8 Å². The predicted octanol–water partition coefficient (Wildman–Crippen LogP) is 3.88. The van der Waals surface area contributed by atoms with Gasteiger partial charge in [0, 0.05) is 8.04 Å². The molecule has 1 amide bonds. The molecule has 0 aliphatic heterocycles. The number of carbonyl (C=O) groups excluding carboxylic acids is 1. The van der Waals surface area contributed by atoms with Crippen molar-refractivity contribution in [2.45, 2.75) is 0 Å². The molecule has 0 heterocycles. The molecule has 0 aliphatic carbocycles. The highest BCUT2D eigenvalue weighted by atomic mass is 127. The molecule has 2 rings (SSSR count). The number of hydrogen-bond donors (Lipinski definition) is 2. The van der Waals surface area contributed by atoms with Crippen molar-refractivity contribution in [2.24, 2.45) is 0 Å². The highest BCUT2D eigenvalue weighted by Gasteiger charge is 2.13. The number of nitrogens with one attached hydrogen (secondary N) is 1. The first-order chi connectivity index (χ1) is 9.51. The van der Waals surface area contributed by atoms with Gasteiger partial charge < -0.3 is 10.4 Å². The molecular formula is C14H8BrIN2O2. The predicted molar refractivity (Wildman–Crippen MR) is 87.6 cm³/mol. The van der Waals surface area contributed by atoms with Gasteiger partial charge in [-0.15, -0.1) is 0 Å². The number of nitrogens with zero attached hydrogens (tertiary/aromatic N) is 1. The Hall–Kier alpha value is -1.59. The second-order valence-corrected chi connectivity index (χ2v) is 6.08. The maximum atomic E-state index is 12.1. The van der Waals surface area contributed by atoms with Crippen molar-refractivity contribution in [3.63, 3.8) is 0 Å². The minimum absolute atomic E-state index is 0.0986. The number of halogens is 2. The summed E-state index contributed by atoms with van der Waals surface area (Å²) >= 11 is 5.32. The van der Waals surface area contributed by atoms with Crippen LogP contribution in [0, 0.1) is 14.9 Å². The number of phenolic OH excluding ortho intramolecular Hbond substituents is 1. The van der Waals surface area contributed by atoms with E-state index >= 15 is 0 Å². The van der Waals surface area contributed by atoms with Gasteiger partial charge in [-0.05, 0) is 59.0 Å². The number of amides is 1. The van der Waals surface area contributed by atoms with E-state index in [1.807, 2.05) is 6.07 Å². The highest BCUT2D eigenvalue weighted by molar-refractivity contribution is 14.1. The third-order valence-electron chi connectivity index (χ3n) is 2.55. The molecule has 4 nitrogen and oxygen atoms in total. The average molecular weight is 443 g/mol. The lowest BCUT2D eigenvalue weighted by Gasteiger charge is -2.09. The van der Waals surface area contributed by atoms with E-state index in [1.54, 1.807) is 30.3 Å². The summed E-state index contributed by atoms with van der Waals surface area (Å²) < 4.78 is 1.59. The Morgan fingerprint density at radius 2 is 2.05 bits per heavy atom. The van der Waals surface area contributed by atoms with Crippen LogP contribution in [-0.4, -0.2) is 11.0 Å². The summed E-state index contributed by atoms with van der Waals surface area (Å²) in [6.07, 6.45) is 0. The fourth-order valence-corrected chi connectivity index (χ4v) is 2.45. The van der Waals surface area contributed by atoms with Gasteiger partial charge in [0.25, 0.3) is 5.91 Å². The van der Waals surface area contributed by atoms with Crippen LogP contribution in [0.4, 0.5) is 5.69 Å². The number of aromatic hydroxyl groups is 1. The van der Waals surface area contributed by atoms with E-state index in [4.69, 9.17) is 5.26 Å². The Bertz CT molecular complexity index is 726. The van der Waals surface area contributed by atoms with Gasteiger partial charge in [-0.2, -0.15) is 5.26 Å². The van der Waals surface area contributed by atoms with Crippen LogP contribution in [0.25, 0.3) is 0 Å². The van der Waals surface area contributed by atoms with E-state index in [-0.39, 0.29) is 11.3 Å². The Labute approximate surface area is 137 Å². The summed E-state index contributed by atoms with van der Waals surface area (Å²) in [7, 11) is 0. The van der Waals surface area contributed by atoms with Crippen molar-refractivity contribution in [1.82, 2.24) is 0 Å². The lowest BCUT2D eigenvalue weighted by Crippen LogP contribution is -2.13. The molecule has 100 valence electrons. The van der Waals surface area contributed by atoms with E-state index < -0.39 is 5.91 Å². The van der Waals surface area contributed by atoms with E-state index in [0.717, 1.165) is 8.04 Å². The maximum Gasteiger partial charge on any atom is 0.259 e. The van der Waals surface area contributed by atoms with E-state index in [0.29, 0.717) is 11.3 Å². The van der Waals surface area contributed by atoms with Crippen LogP contribution in [0.3, 0.4) is 0 Å². The van der Waals surface area contributed by atoms with Gasteiger partial charge in [-0.3, -0.25) is 4.79 Å². The van der Waals surface area contributed by atoms with Gasteiger partial charge in [-0.25, -0.2) is 0 Å². The molecule has 6 heteroatoms. The molecule has 0 radical (unpaired) electrons. The van der Waals surface area contributed by atoms with Crippen molar-refractivity contribution in [2.75, 3.05) is 5.32 Å². The Balaban J connectivity index is 2.33. The van der Waals surface area contributed by atoms with Crippen molar-refractivity contribution in [3.05, 3.63) is 55.6 Å². The van der Waals surface area contributed by atoms with E-state index in [2.05, 4.69) is 43.8 Å². The van der Waals surface area contributed by atoms with Crippen LogP contribution in [0.15, 0.2) is 40.9 Å². The molecule has 0 fully saturated rings. The summed E-state index contributed by atoms with van der Waals surface area (Å²) in [4.78, 5) is 12.1. The third-order valence-corrected chi connectivity index (χ3v) is 3.72. The van der Waals surface area contributed by atoms with Gasteiger partial charge in [0.15, 0.2) is 0 Å². The molecule has 2 aromatic carbocycles. The number of phenols is 1. The first kappa shape index (κ1) is 14.8. The number of benzene rings is 2. The van der Waals surface area contributed by atoms with Crippen molar-refractivity contribution >= 4 is 50.1 Å². The summed E-state index contributed by atoms with van der Waals surface area (Å²) in [5.41, 5.74) is 0.917. The molecule has 0 saturated heterocycles. The second-order valence-electron chi connectivity index (χ2n) is 3.92. The van der Waals surface area contributed by atoms with Gasteiger partial charge in [0.2, 0.25) is 0 Å². The van der Waals surface area contributed by atoms with Gasteiger partial charge in [0.1, 0.15) is 11.8 Å². The molecule has 20 heavy (non-hydrogen) atoms. The quantitative estimate of drug-likeness (QED) is 0.693. The third kappa shape index (κ3) is 3.29. The maximum absolute atomic E-state index is 12.1. The fraction of sp³-hybridized carbons (Fsp3) is 0. The molecule has 0 aliphatic rings. The molecule has 0 bridgehead atoms. The van der Waals surface area contributed by atoms with Crippen LogP contribution in [0.2, 0.25) is 0 Å². The van der Waals surface area contributed by atoms with E-state index in [1.165, 1.54) is 6.07 Å². The smallest absolute Gasteiger partial charge is 0.259 e. The molecule has 2 aromatic rings. The summed E-state index contributed by atoms with van der Waals surface area (Å²) in [5.74, 6) is -0.557. The van der Waals surface area contributed by atoms with Crippen LogP contribution < -0.4 is 5.32 Å². The molecular weight excluding hydrogens is 435 g/mol. The van der Waals surface area contributed by atoms with Gasteiger partial charge >= 0.3 is 0 Å². The van der Waals surface area contributed by atoms with Crippen molar-refractivity contribution < 1.29 is 9.90 Å². The lowest BCUT2D eigenvalue weighted by molar-refractivity contribution is 0.102. The topological polar surface area (TPSA) is 73.1 Å². The summed E-state index contributed by atoms with van der Waals surface area (Å²) in [5, 5.41) is 21.4. The Kier molecular flexibility index (Phi) is 4.62. The van der Waals surface area contributed by atoms with Crippen LogP contribution in [0.5, 0.6) is 5.75 Å². The zero-order chi connectivity index (χ0) is 14.7. The van der Waals surface area contributed by atoms with Gasteiger partial charge in [-0.1, -0.05) is 15.9 Å². The first-order valence-corrected chi connectivity index (χ1v) is 7.38. The molecule has 0 saturated carbocycles. The van der Waals surface area contributed by atoms with Crippen molar-refractivity contribution in [1.29, 1.82) is 5.26 Å². The number of rotatable bonds is 2. The monoisotopic (exact) mass is 442 g/mol. The second kappa shape index (κ2) is 6.24. The first-order valence-electron chi connectivity index (χ1n) is 5.51. The largest absolute Gasteiger partial charge is 0.507 e. The zero-order valence-corrected chi connectivity index (χ0v) is 13.8. The zero-order valence-electron chi connectivity index (χ0n) is 10.0. The lowest BCUT2D eigenvalue weighted by atomic mass is 10.1. The average Bonchev–Trinajstić information content (AvgIpc) is 2.43. The Morgan fingerprint density at radius 3 is 2.75 bits per heavy atom. The number of anilines is 1. The van der Waals surface area contributed by atoms with Crippen molar-refractivity contribution in [3.8, 4) is 11.8 Å². The van der Waals surface area contributed by atoms with Crippen LogP contribution >= 0.6 is 38.5 Å². The standard InChI is InChI=1S/C14H8BrIN2O2/c15-9-1-3-12(8(5-9)7-17)18-14(20)11-6-10(16)2-4-13(11)19/h1-6,19H,(H,18,20). The molecule has 0 aromatic heterocycles. The Morgan fingerprint density at radius 1 is 1.30 bits per heavy atom. The SMILES string of the molecule is N#Cc1cc(Br)ccc1NC(=O)c1cc(I)ccc1O. The molecule has 0 spiro atoms. The van der Waals surface area contributed by atoms with Crippen LogP contribution in [-0.2, 0) is 0 Å². The molecule has 0 atom stereocenters. The normalized spacial score (nSPS) is 9.85.